The third-order valence-electron chi connectivity index (χ3n) is 4.44. The molecule has 3 nitrogen and oxygen atoms in total. The molecule has 1 aromatic carbocycles. The summed E-state index contributed by atoms with van der Waals surface area (Å²) in [6.07, 6.45) is 2.56. The first kappa shape index (κ1) is 17.4. The number of carboxylic acids is 1. The van der Waals surface area contributed by atoms with Gasteiger partial charge in [0.25, 0.3) is 0 Å². The largest absolute Gasteiger partial charge is 0.481 e. The molecule has 1 rings (SSSR count). The first-order valence-corrected chi connectivity index (χ1v) is 7.46. The van der Waals surface area contributed by atoms with Crippen molar-refractivity contribution >= 4 is 11.8 Å². The zero-order chi connectivity index (χ0) is 16.1. The zero-order valence-corrected chi connectivity index (χ0v) is 13.5. The molecule has 0 aromatic heterocycles. The van der Waals surface area contributed by atoms with Crippen molar-refractivity contribution in [3.63, 3.8) is 0 Å². The molecule has 116 valence electrons. The van der Waals surface area contributed by atoms with Gasteiger partial charge in [-0.15, -0.1) is 0 Å². The van der Waals surface area contributed by atoms with Gasteiger partial charge in [-0.1, -0.05) is 50.6 Å². The molecule has 3 heteroatoms. The Hall–Kier alpha value is -1.64. The van der Waals surface area contributed by atoms with Crippen molar-refractivity contribution in [2.24, 2.45) is 10.8 Å². The van der Waals surface area contributed by atoms with Crippen molar-refractivity contribution in [1.82, 2.24) is 0 Å². The second-order valence-electron chi connectivity index (χ2n) is 6.82. The summed E-state index contributed by atoms with van der Waals surface area (Å²) in [7, 11) is 0. The number of hydrogen-bond acceptors (Lipinski definition) is 2. The van der Waals surface area contributed by atoms with Gasteiger partial charge in [-0.05, 0) is 38.7 Å². The second-order valence-corrected chi connectivity index (χ2v) is 6.82. The lowest BCUT2D eigenvalue weighted by atomic mass is 9.76. The number of hydrogen-bond donors (Lipinski definition) is 1. The topological polar surface area (TPSA) is 54.4 Å². The van der Waals surface area contributed by atoms with Gasteiger partial charge in [0.15, 0.2) is 0 Å². The number of rotatable bonds is 8. The van der Waals surface area contributed by atoms with Gasteiger partial charge in [-0.2, -0.15) is 0 Å². The maximum atomic E-state index is 11.6. The molecule has 1 aromatic rings. The standard InChI is InChI=1S/C18H26O3/c1-14(19)17(2,3)11-8-12-18(4,16(20)21)13-15-9-6-5-7-10-15/h5-7,9-10H,8,11-13H2,1-4H3,(H,20,21). The first-order valence-electron chi connectivity index (χ1n) is 7.46. The Morgan fingerprint density at radius 2 is 1.62 bits per heavy atom. The fourth-order valence-electron chi connectivity index (χ4n) is 2.41. The van der Waals surface area contributed by atoms with Crippen LogP contribution in [0.4, 0.5) is 0 Å². The van der Waals surface area contributed by atoms with E-state index in [1.165, 1.54) is 0 Å². The minimum Gasteiger partial charge on any atom is -0.481 e. The van der Waals surface area contributed by atoms with Gasteiger partial charge in [0, 0.05) is 5.41 Å². The Bertz CT molecular complexity index is 490. The molecule has 1 atom stereocenters. The van der Waals surface area contributed by atoms with Crippen LogP contribution in [0.5, 0.6) is 0 Å². The van der Waals surface area contributed by atoms with Crippen LogP contribution in [0.25, 0.3) is 0 Å². The van der Waals surface area contributed by atoms with Crippen molar-refractivity contribution in [2.75, 3.05) is 0 Å². The van der Waals surface area contributed by atoms with Crippen LogP contribution in [0.2, 0.25) is 0 Å². The molecule has 0 aliphatic heterocycles. The summed E-state index contributed by atoms with van der Waals surface area (Å²) in [5.74, 6) is -0.616. The number of Topliss-reactive ketones (excluding diaryl/α,β-unsaturated/α-hetero) is 1. The third kappa shape index (κ3) is 5.00. The lowest BCUT2D eigenvalue weighted by molar-refractivity contribution is -0.148. The highest BCUT2D eigenvalue weighted by Gasteiger charge is 2.34. The molecule has 0 radical (unpaired) electrons. The molecule has 0 bridgehead atoms. The van der Waals surface area contributed by atoms with Crippen molar-refractivity contribution in [1.29, 1.82) is 0 Å². The molecule has 0 aliphatic carbocycles. The summed E-state index contributed by atoms with van der Waals surface area (Å²) in [4.78, 5) is 23.2. The van der Waals surface area contributed by atoms with Crippen LogP contribution in [0.3, 0.4) is 0 Å². The van der Waals surface area contributed by atoms with Crippen LogP contribution in [0, 0.1) is 10.8 Å². The average Bonchev–Trinajstić information content (AvgIpc) is 2.39. The van der Waals surface area contributed by atoms with Gasteiger partial charge >= 0.3 is 5.97 Å². The second kappa shape index (κ2) is 6.88. The maximum absolute atomic E-state index is 11.6. The molecule has 0 spiro atoms. The van der Waals surface area contributed by atoms with Crippen LogP contribution < -0.4 is 0 Å². The SMILES string of the molecule is CC(=O)C(C)(C)CCCC(C)(Cc1ccccc1)C(=O)O. The van der Waals surface area contributed by atoms with Crippen molar-refractivity contribution < 1.29 is 14.7 Å². The van der Waals surface area contributed by atoms with E-state index in [0.29, 0.717) is 12.8 Å². The van der Waals surface area contributed by atoms with Crippen LogP contribution in [0.15, 0.2) is 30.3 Å². The van der Waals surface area contributed by atoms with Crippen LogP contribution >= 0.6 is 0 Å². The molecule has 0 amide bonds. The van der Waals surface area contributed by atoms with E-state index in [2.05, 4.69) is 0 Å². The Balaban J connectivity index is 2.69. The summed E-state index contributed by atoms with van der Waals surface area (Å²) in [6.45, 7) is 7.23. The van der Waals surface area contributed by atoms with Crippen molar-refractivity contribution in [3.05, 3.63) is 35.9 Å². The summed E-state index contributed by atoms with van der Waals surface area (Å²) < 4.78 is 0. The number of carbonyl (C=O) groups excluding carboxylic acids is 1. The van der Waals surface area contributed by atoms with E-state index in [0.717, 1.165) is 18.4 Å². The Morgan fingerprint density at radius 3 is 2.10 bits per heavy atom. The molecule has 0 saturated carbocycles. The Kier molecular flexibility index (Phi) is 5.70. The molecule has 0 saturated heterocycles. The van der Waals surface area contributed by atoms with E-state index in [-0.39, 0.29) is 11.2 Å². The summed E-state index contributed by atoms with van der Waals surface area (Å²) >= 11 is 0. The molecule has 0 heterocycles. The van der Waals surface area contributed by atoms with Gasteiger partial charge in [0.1, 0.15) is 5.78 Å². The fourth-order valence-corrected chi connectivity index (χ4v) is 2.41. The van der Waals surface area contributed by atoms with E-state index in [4.69, 9.17) is 0 Å². The highest BCUT2D eigenvalue weighted by molar-refractivity contribution is 5.81. The van der Waals surface area contributed by atoms with Gasteiger partial charge < -0.3 is 5.11 Å². The summed E-state index contributed by atoms with van der Waals surface area (Å²) in [5, 5.41) is 9.57. The Labute approximate surface area is 127 Å². The Morgan fingerprint density at radius 1 is 1.05 bits per heavy atom. The molecular formula is C18H26O3. The third-order valence-corrected chi connectivity index (χ3v) is 4.44. The smallest absolute Gasteiger partial charge is 0.309 e. The number of aliphatic carboxylic acids is 1. The monoisotopic (exact) mass is 290 g/mol. The van der Waals surface area contributed by atoms with Gasteiger partial charge in [-0.3, -0.25) is 9.59 Å². The van der Waals surface area contributed by atoms with Gasteiger partial charge in [0.2, 0.25) is 0 Å². The number of carboxylic acid groups (broad SMARTS) is 1. The molecular weight excluding hydrogens is 264 g/mol. The zero-order valence-electron chi connectivity index (χ0n) is 13.5. The van der Waals surface area contributed by atoms with Gasteiger partial charge in [-0.25, -0.2) is 0 Å². The number of carbonyl (C=O) groups is 2. The van der Waals surface area contributed by atoms with Crippen LogP contribution in [0.1, 0.15) is 52.5 Å². The molecule has 1 N–H and O–H groups in total. The highest BCUT2D eigenvalue weighted by atomic mass is 16.4. The van der Waals surface area contributed by atoms with Crippen LogP contribution in [-0.2, 0) is 16.0 Å². The van der Waals surface area contributed by atoms with E-state index in [9.17, 15) is 14.7 Å². The summed E-state index contributed by atoms with van der Waals surface area (Å²) in [6, 6.07) is 9.70. The van der Waals surface area contributed by atoms with Gasteiger partial charge in [0.05, 0.1) is 5.41 Å². The van der Waals surface area contributed by atoms with Crippen LogP contribution in [-0.4, -0.2) is 16.9 Å². The molecule has 21 heavy (non-hydrogen) atoms. The quantitative estimate of drug-likeness (QED) is 0.784. The number of benzene rings is 1. The normalized spacial score (nSPS) is 14.5. The minimum atomic E-state index is -0.784. The first-order chi connectivity index (χ1) is 9.67. The lowest BCUT2D eigenvalue weighted by Gasteiger charge is -2.27. The van der Waals surface area contributed by atoms with E-state index >= 15 is 0 Å². The minimum absolute atomic E-state index is 0.155. The lowest BCUT2D eigenvalue weighted by Crippen LogP contribution is -2.31. The molecule has 0 fully saturated rings. The van der Waals surface area contributed by atoms with Crippen molar-refractivity contribution in [3.8, 4) is 0 Å². The number of ketones is 1. The summed E-state index contributed by atoms with van der Waals surface area (Å²) in [5.41, 5.74) is -0.117. The molecule has 1 unspecified atom stereocenters. The van der Waals surface area contributed by atoms with E-state index in [1.807, 2.05) is 44.2 Å². The predicted octanol–water partition coefficient (Wildman–Crippen LogP) is 4.11. The van der Waals surface area contributed by atoms with Crippen molar-refractivity contribution in [2.45, 2.75) is 53.4 Å². The molecule has 0 aliphatic rings. The highest BCUT2D eigenvalue weighted by Crippen LogP contribution is 2.33. The fraction of sp³-hybridized carbons (Fsp3) is 0.556. The van der Waals surface area contributed by atoms with E-state index in [1.54, 1.807) is 13.8 Å². The predicted molar refractivity (Wildman–Crippen MR) is 84.2 cm³/mol. The average molecular weight is 290 g/mol. The maximum Gasteiger partial charge on any atom is 0.309 e. The van der Waals surface area contributed by atoms with E-state index < -0.39 is 11.4 Å².